The molecule has 2 aliphatic rings. The number of hydrogen-bond donors (Lipinski definition) is 0. The summed E-state index contributed by atoms with van der Waals surface area (Å²) in [6.45, 7) is 6.10. The van der Waals surface area contributed by atoms with E-state index in [0.29, 0.717) is 0 Å². The Morgan fingerprint density at radius 3 is 1.12 bits per heavy atom. The third-order valence-electron chi connectivity index (χ3n) is 11.2. The lowest BCUT2D eigenvalue weighted by molar-refractivity contribution is -0.197. The van der Waals surface area contributed by atoms with Gasteiger partial charge in [0.2, 0.25) is 0 Å². The summed E-state index contributed by atoms with van der Waals surface area (Å²) in [7, 11) is 0. The largest absolute Gasteiger partial charge is 0.370 e. The van der Waals surface area contributed by atoms with Crippen molar-refractivity contribution in [3.63, 3.8) is 0 Å². The summed E-state index contributed by atoms with van der Waals surface area (Å²) in [6.07, 6.45) is 40.1. The van der Waals surface area contributed by atoms with Crippen LogP contribution in [-0.4, -0.2) is 25.4 Å². The molecule has 2 aromatic rings. The third kappa shape index (κ3) is 15.0. The fourth-order valence-corrected chi connectivity index (χ4v) is 7.94. The highest BCUT2D eigenvalue weighted by Gasteiger charge is 2.58. The highest BCUT2D eigenvalue weighted by molar-refractivity contribution is 5.31. The van der Waals surface area contributed by atoms with E-state index < -0.39 is 11.2 Å². The van der Waals surface area contributed by atoms with Crippen LogP contribution in [-0.2, 0) is 25.4 Å². The van der Waals surface area contributed by atoms with Gasteiger partial charge in [-0.2, -0.15) is 0 Å². The van der Waals surface area contributed by atoms with Crippen molar-refractivity contribution in [3.05, 3.63) is 96.1 Å². The first-order chi connectivity index (χ1) is 25.2. The van der Waals surface area contributed by atoms with Crippen molar-refractivity contribution in [2.45, 2.75) is 191 Å². The van der Waals surface area contributed by atoms with Gasteiger partial charge in [-0.05, 0) is 75.3 Å². The molecule has 0 spiro atoms. The maximum atomic E-state index is 7.79. The molecule has 0 saturated carbocycles. The highest BCUT2D eigenvalue weighted by Crippen LogP contribution is 2.52. The highest BCUT2D eigenvalue weighted by atomic mass is 16.6. The fraction of sp³-hybridized carbons (Fsp3) is 0.667. The molecule has 0 aromatic heterocycles. The Bertz CT molecular complexity index is 1090. The van der Waals surface area contributed by atoms with Gasteiger partial charge < -0.3 is 14.2 Å². The molecule has 0 amide bonds. The summed E-state index contributed by atoms with van der Waals surface area (Å²) >= 11 is 0. The van der Waals surface area contributed by atoms with Crippen LogP contribution in [0.25, 0.3) is 0 Å². The van der Waals surface area contributed by atoms with Crippen molar-refractivity contribution in [1.29, 1.82) is 0 Å². The standard InChI is InChI=1S/C48H74O3/c1-3-5-7-9-11-13-15-17-19-21-23-25-33-39-47(45-41-49-45,43-35-29-27-30-36-43)51-48(46-42-50-46,44-37-31-28-32-38-44)40-34-26-24-22-20-18-16-14-12-10-8-6-4-2/h13-16,27-32,35-38,45-46H,3-12,17-26,33-34,39-42H2,1-2H3. The quantitative estimate of drug-likeness (QED) is 0.0433. The number of benzene rings is 2. The Kier molecular flexibility index (Phi) is 20.3. The molecule has 0 aliphatic carbocycles. The Balaban J connectivity index is 1.34. The molecule has 2 heterocycles. The first kappa shape index (κ1) is 41.6. The van der Waals surface area contributed by atoms with Crippen molar-refractivity contribution >= 4 is 0 Å². The Hall–Kier alpha value is -2.20. The lowest BCUT2D eigenvalue weighted by atomic mass is 9.80. The molecule has 0 bridgehead atoms. The summed E-state index contributed by atoms with van der Waals surface area (Å²) in [4.78, 5) is 0. The molecule has 3 heteroatoms. The molecule has 2 saturated heterocycles. The average molecular weight is 699 g/mol. The van der Waals surface area contributed by atoms with E-state index in [-0.39, 0.29) is 12.2 Å². The first-order valence-electron chi connectivity index (χ1n) is 21.6. The van der Waals surface area contributed by atoms with Gasteiger partial charge in [0.15, 0.2) is 0 Å². The van der Waals surface area contributed by atoms with Gasteiger partial charge in [-0.1, -0.05) is 189 Å². The molecule has 4 unspecified atom stereocenters. The Labute approximate surface area is 314 Å². The van der Waals surface area contributed by atoms with Gasteiger partial charge in [-0.25, -0.2) is 0 Å². The van der Waals surface area contributed by atoms with Gasteiger partial charge in [-0.15, -0.1) is 0 Å². The molecule has 284 valence electrons. The van der Waals surface area contributed by atoms with E-state index in [0.717, 1.165) is 38.9 Å². The number of unbranched alkanes of at least 4 members (excludes halogenated alkanes) is 18. The second kappa shape index (κ2) is 24.9. The van der Waals surface area contributed by atoms with Gasteiger partial charge in [0.05, 0.1) is 13.2 Å². The minimum atomic E-state index is -0.480. The van der Waals surface area contributed by atoms with Gasteiger partial charge in [-0.3, -0.25) is 0 Å². The van der Waals surface area contributed by atoms with Gasteiger partial charge in [0.25, 0.3) is 0 Å². The van der Waals surface area contributed by atoms with Crippen molar-refractivity contribution in [3.8, 4) is 0 Å². The number of allylic oxidation sites excluding steroid dienone is 4. The van der Waals surface area contributed by atoms with Crippen molar-refractivity contribution in [2.75, 3.05) is 13.2 Å². The van der Waals surface area contributed by atoms with Gasteiger partial charge in [0, 0.05) is 0 Å². The summed E-state index contributed by atoms with van der Waals surface area (Å²) in [5, 5.41) is 0. The van der Waals surface area contributed by atoms with Crippen molar-refractivity contribution < 1.29 is 14.2 Å². The maximum Gasteiger partial charge on any atom is 0.123 e. The van der Waals surface area contributed by atoms with Crippen molar-refractivity contribution in [2.24, 2.45) is 0 Å². The number of rotatable bonds is 32. The van der Waals surface area contributed by atoms with Crippen LogP contribution < -0.4 is 0 Å². The topological polar surface area (TPSA) is 34.3 Å². The zero-order chi connectivity index (χ0) is 35.7. The average Bonchev–Trinajstić information content (AvgIpc) is 4.10. The minimum Gasteiger partial charge on any atom is -0.370 e. The summed E-state index contributed by atoms with van der Waals surface area (Å²) in [5.74, 6) is 0. The SMILES string of the molecule is CCCCCCC=CCCCCCCCC(OC(CCCCCCCC=CCCCCCC)(c1ccccc1)C1CO1)(c1ccccc1)C1CO1. The summed E-state index contributed by atoms with van der Waals surface area (Å²) < 4.78 is 20.2. The van der Waals surface area contributed by atoms with E-state index in [4.69, 9.17) is 14.2 Å². The monoisotopic (exact) mass is 699 g/mol. The van der Waals surface area contributed by atoms with Crippen LogP contribution in [0.3, 0.4) is 0 Å². The summed E-state index contributed by atoms with van der Waals surface area (Å²) in [6, 6.07) is 22.1. The lowest BCUT2D eigenvalue weighted by Crippen LogP contribution is -2.48. The molecule has 0 N–H and O–H groups in total. The second-order valence-electron chi connectivity index (χ2n) is 15.5. The molecular formula is C48H74O3. The lowest BCUT2D eigenvalue weighted by Gasteiger charge is -2.44. The van der Waals surface area contributed by atoms with E-state index in [1.54, 1.807) is 0 Å². The van der Waals surface area contributed by atoms with Crippen molar-refractivity contribution in [1.82, 2.24) is 0 Å². The van der Waals surface area contributed by atoms with Gasteiger partial charge >= 0.3 is 0 Å². The number of ether oxygens (including phenoxy) is 3. The van der Waals surface area contributed by atoms with Crippen LogP contribution in [0.2, 0.25) is 0 Å². The second-order valence-corrected chi connectivity index (χ2v) is 15.5. The molecule has 4 rings (SSSR count). The molecule has 2 aliphatic heterocycles. The molecular weight excluding hydrogens is 625 g/mol. The Morgan fingerprint density at radius 1 is 0.471 bits per heavy atom. The predicted molar refractivity (Wildman–Crippen MR) is 217 cm³/mol. The molecule has 4 atom stereocenters. The predicted octanol–water partition coefficient (Wildman–Crippen LogP) is 14.1. The molecule has 2 fully saturated rings. The first-order valence-corrected chi connectivity index (χ1v) is 21.6. The van der Waals surface area contributed by atoms with Crippen LogP contribution in [0.15, 0.2) is 85.0 Å². The molecule has 2 aromatic carbocycles. The zero-order valence-corrected chi connectivity index (χ0v) is 32.8. The number of hydrogen-bond acceptors (Lipinski definition) is 3. The fourth-order valence-electron chi connectivity index (χ4n) is 7.94. The molecule has 51 heavy (non-hydrogen) atoms. The van der Waals surface area contributed by atoms with E-state index in [1.807, 2.05) is 0 Å². The van der Waals surface area contributed by atoms with Crippen LogP contribution in [0, 0.1) is 0 Å². The summed E-state index contributed by atoms with van der Waals surface area (Å²) in [5.41, 5.74) is 1.56. The van der Waals surface area contributed by atoms with E-state index in [1.165, 1.54) is 140 Å². The molecule has 0 radical (unpaired) electrons. The number of epoxide rings is 2. The van der Waals surface area contributed by atoms with E-state index in [2.05, 4.69) is 98.8 Å². The zero-order valence-electron chi connectivity index (χ0n) is 32.8. The maximum absolute atomic E-state index is 7.79. The van der Waals surface area contributed by atoms with E-state index in [9.17, 15) is 0 Å². The normalized spacial score (nSPS) is 19.4. The van der Waals surface area contributed by atoms with E-state index >= 15 is 0 Å². The third-order valence-corrected chi connectivity index (χ3v) is 11.2. The Morgan fingerprint density at radius 2 is 0.784 bits per heavy atom. The van der Waals surface area contributed by atoms with Crippen LogP contribution in [0.4, 0.5) is 0 Å². The van der Waals surface area contributed by atoms with Gasteiger partial charge in [0.1, 0.15) is 23.4 Å². The smallest absolute Gasteiger partial charge is 0.123 e. The van der Waals surface area contributed by atoms with Crippen LogP contribution in [0.1, 0.15) is 179 Å². The minimum absolute atomic E-state index is 0.0869. The molecule has 3 nitrogen and oxygen atoms in total. The van der Waals surface area contributed by atoms with Crippen LogP contribution in [0.5, 0.6) is 0 Å². The van der Waals surface area contributed by atoms with Crippen LogP contribution >= 0.6 is 0 Å².